The zero-order valence-electron chi connectivity index (χ0n) is 21.6. The lowest BCUT2D eigenvalue weighted by Gasteiger charge is -2.29. The van der Waals surface area contributed by atoms with Crippen LogP contribution in [0.4, 0.5) is 0 Å². The van der Waals surface area contributed by atoms with Gasteiger partial charge in [0.25, 0.3) is 5.91 Å². The first-order valence-electron chi connectivity index (χ1n) is 12.1. The average Bonchev–Trinajstić information content (AvgIpc) is 3.58. The Bertz CT molecular complexity index is 1200. The normalized spacial score (nSPS) is 11.9. The highest BCUT2D eigenvalue weighted by Gasteiger charge is 2.25. The third kappa shape index (κ3) is 6.55. The molecule has 0 atom stereocenters. The van der Waals surface area contributed by atoms with E-state index >= 15 is 0 Å². The van der Waals surface area contributed by atoms with E-state index in [1.807, 2.05) is 38.1 Å². The molecule has 0 N–H and O–H groups in total. The van der Waals surface area contributed by atoms with Crippen LogP contribution in [-0.2, 0) is 17.9 Å². The minimum Gasteiger partial charge on any atom is -0.497 e. The molecule has 1 aromatic heterocycles. The van der Waals surface area contributed by atoms with Gasteiger partial charge in [0.1, 0.15) is 23.8 Å². The van der Waals surface area contributed by atoms with E-state index in [1.54, 1.807) is 40.3 Å². The van der Waals surface area contributed by atoms with E-state index in [0.29, 0.717) is 47.4 Å². The second-order valence-electron chi connectivity index (χ2n) is 9.20. The van der Waals surface area contributed by atoms with Crippen LogP contribution in [0.5, 0.6) is 23.0 Å². The van der Waals surface area contributed by atoms with Crippen molar-refractivity contribution in [3.63, 3.8) is 0 Å². The maximum absolute atomic E-state index is 13.7. The van der Waals surface area contributed by atoms with Gasteiger partial charge in [0.05, 0.1) is 27.0 Å². The van der Waals surface area contributed by atoms with Gasteiger partial charge < -0.3 is 33.2 Å². The van der Waals surface area contributed by atoms with Crippen LogP contribution in [-0.4, -0.2) is 55.7 Å². The summed E-state index contributed by atoms with van der Waals surface area (Å²) in [5.41, 5.74) is 1.27. The first-order chi connectivity index (χ1) is 17.9. The van der Waals surface area contributed by atoms with Gasteiger partial charge in [-0.15, -0.1) is 0 Å². The SMILES string of the molecule is COc1cc(OC)cc(C(=O)N(CC(=O)N(Cc2ccc3c(c2)OCO3)Cc2ccco2)CC(C)C)c1. The van der Waals surface area contributed by atoms with Crippen LogP contribution in [0.1, 0.15) is 35.5 Å². The molecule has 9 nitrogen and oxygen atoms in total. The van der Waals surface area contributed by atoms with Crippen LogP contribution in [0, 0.1) is 5.92 Å². The Morgan fingerprint density at radius 2 is 1.65 bits per heavy atom. The number of fused-ring (bicyclic) bond motifs is 1. The highest BCUT2D eigenvalue weighted by molar-refractivity contribution is 5.97. The molecule has 9 heteroatoms. The van der Waals surface area contributed by atoms with Crippen LogP contribution in [0.15, 0.2) is 59.2 Å². The fourth-order valence-corrected chi connectivity index (χ4v) is 4.12. The molecule has 0 saturated heterocycles. The number of methoxy groups -OCH3 is 2. The number of rotatable bonds is 11. The molecule has 3 aromatic rings. The molecular weight excluding hydrogens is 476 g/mol. The monoisotopic (exact) mass is 508 g/mol. The van der Waals surface area contributed by atoms with Gasteiger partial charge in [0.2, 0.25) is 12.7 Å². The van der Waals surface area contributed by atoms with E-state index in [2.05, 4.69) is 0 Å². The highest BCUT2D eigenvalue weighted by Crippen LogP contribution is 2.33. The molecule has 0 radical (unpaired) electrons. The second-order valence-corrected chi connectivity index (χ2v) is 9.20. The molecule has 0 aliphatic carbocycles. The van der Waals surface area contributed by atoms with Crippen molar-refractivity contribution in [2.45, 2.75) is 26.9 Å². The summed E-state index contributed by atoms with van der Waals surface area (Å²) in [5, 5.41) is 0. The third-order valence-electron chi connectivity index (χ3n) is 5.89. The first-order valence-corrected chi connectivity index (χ1v) is 12.1. The molecule has 2 amide bonds. The fraction of sp³-hybridized carbons (Fsp3) is 0.357. The predicted molar refractivity (Wildman–Crippen MR) is 136 cm³/mol. The Morgan fingerprint density at radius 1 is 0.919 bits per heavy atom. The summed E-state index contributed by atoms with van der Waals surface area (Å²) >= 11 is 0. The molecule has 2 aromatic carbocycles. The van der Waals surface area contributed by atoms with Crippen LogP contribution < -0.4 is 18.9 Å². The van der Waals surface area contributed by atoms with Crippen molar-refractivity contribution >= 4 is 11.8 Å². The third-order valence-corrected chi connectivity index (χ3v) is 5.89. The molecule has 1 aliphatic heterocycles. The maximum atomic E-state index is 13.7. The smallest absolute Gasteiger partial charge is 0.254 e. The largest absolute Gasteiger partial charge is 0.497 e. The van der Waals surface area contributed by atoms with E-state index in [0.717, 1.165) is 5.56 Å². The number of hydrogen-bond acceptors (Lipinski definition) is 7. The molecule has 1 aliphatic rings. The molecule has 0 unspecified atom stereocenters. The number of ether oxygens (including phenoxy) is 4. The van der Waals surface area contributed by atoms with Crippen molar-refractivity contribution in [2.75, 3.05) is 34.1 Å². The summed E-state index contributed by atoms with van der Waals surface area (Å²) in [7, 11) is 3.06. The Kier molecular flexibility index (Phi) is 8.22. The van der Waals surface area contributed by atoms with Gasteiger partial charge in [-0.2, -0.15) is 0 Å². The Balaban J connectivity index is 1.57. The number of hydrogen-bond donors (Lipinski definition) is 0. The molecule has 0 spiro atoms. The molecule has 37 heavy (non-hydrogen) atoms. The van der Waals surface area contributed by atoms with Crippen LogP contribution in [0.25, 0.3) is 0 Å². The van der Waals surface area contributed by atoms with Crippen molar-refractivity contribution in [2.24, 2.45) is 5.92 Å². The van der Waals surface area contributed by atoms with Crippen LogP contribution in [0.3, 0.4) is 0 Å². The summed E-state index contributed by atoms with van der Waals surface area (Å²) in [6.45, 7) is 5.07. The van der Waals surface area contributed by atoms with Gasteiger partial charge in [-0.05, 0) is 47.9 Å². The van der Waals surface area contributed by atoms with Crippen LogP contribution in [0.2, 0.25) is 0 Å². The van der Waals surface area contributed by atoms with E-state index in [1.165, 1.54) is 14.2 Å². The summed E-state index contributed by atoms with van der Waals surface area (Å²) in [5.74, 6) is 2.63. The Morgan fingerprint density at radius 3 is 2.30 bits per heavy atom. The van der Waals surface area contributed by atoms with E-state index in [-0.39, 0.29) is 37.6 Å². The Hall–Kier alpha value is -4.14. The van der Waals surface area contributed by atoms with E-state index in [4.69, 9.17) is 23.4 Å². The van der Waals surface area contributed by atoms with E-state index in [9.17, 15) is 9.59 Å². The molecule has 0 bridgehead atoms. The summed E-state index contributed by atoms with van der Waals surface area (Å²) in [6, 6.07) is 14.2. The number of carbonyl (C=O) groups is 2. The molecule has 0 fully saturated rings. The van der Waals surface area contributed by atoms with Crippen molar-refractivity contribution in [3.05, 3.63) is 71.7 Å². The number of furan rings is 1. The number of carbonyl (C=O) groups excluding carboxylic acids is 2. The number of benzene rings is 2. The number of nitrogens with zero attached hydrogens (tertiary/aromatic N) is 2. The quantitative estimate of drug-likeness (QED) is 0.380. The van der Waals surface area contributed by atoms with Crippen molar-refractivity contribution in [3.8, 4) is 23.0 Å². The minimum absolute atomic E-state index is 0.0954. The highest BCUT2D eigenvalue weighted by atomic mass is 16.7. The van der Waals surface area contributed by atoms with Gasteiger partial charge in [-0.3, -0.25) is 9.59 Å². The lowest BCUT2D eigenvalue weighted by molar-refractivity contribution is -0.133. The molecule has 196 valence electrons. The van der Waals surface area contributed by atoms with Crippen molar-refractivity contribution in [1.29, 1.82) is 0 Å². The van der Waals surface area contributed by atoms with Crippen LogP contribution >= 0.6 is 0 Å². The van der Waals surface area contributed by atoms with Gasteiger partial charge in [-0.25, -0.2) is 0 Å². The lowest BCUT2D eigenvalue weighted by Crippen LogP contribution is -2.43. The van der Waals surface area contributed by atoms with Gasteiger partial charge in [-0.1, -0.05) is 19.9 Å². The molecule has 2 heterocycles. The average molecular weight is 509 g/mol. The zero-order valence-corrected chi connectivity index (χ0v) is 21.6. The summed E-state index contributed by atoms with van der Waals surface area (Å²) in [4.78, 5) is 30.5. The molecular formula is C28H32N2O7. The molecule has 4 rings (SSSR count). The fourth-order valence-electron chi connectivity index (χ4n) is 4.12. The van der Waals surface area contributed by atoms with E-state index < -0.39 is 0 Å². The first kappa shape index (κ1) is 25.9. The summed E-state index contributed by atoms with van der Waals surface area (Å²) in [6.07, 6.45) is 1.57. The van der Waals surface area contributed by atoms with Gasteiger partial charge in [0, 0.05) is 24.7 Å². The topological polar surface area (TPSA) is 90.7 Å². The standard InChI is InChI=1S/C28H32N2O7/c1-19(2)14-30(28(32)21-11-23(33-3)13-24(12-21)34-4)17-27(31)29(16-22-6-5-9-35-22)15-20-7-8-25-26(10-20)37-18-36-25/h5-13,19H,14-18H2,1-4H3. The minimum atomic E-state index is -0.278. The maximum Gasteiger partial charge on any atom is 0.254 e. The second kappa shape index (κ2) is 11.7. The van der Waals surface area contributed by atoms with Gasteiger partial charge in [0.15, 0.2) is 11.5 Å². The Labute approximate surface area is 216 Å². The predicted octanol–water partition coefficient (Wildman–Crippen LogP) is 4.35. The van der Waals surface area contributed by atoms with Crippen molar-refractivity contribution < 1.29 is 33.0 Å². The molecule has 0 saturated carbocycles. The van der Waals surface area contributed by atoms with Crippen molar-refractivity contribution in [1.82, 2.24) is 9.80 Å². The summed E-state index contributed by atoms with van der Waals surface area (Å²) < 4.78 is 27.1. The van der Waals surface area contributed by atoms with Gasteiger partial charge >= 0.3 is 0 Å². The lowest BCUT2D eigenvalue weighted by atomic mass is 10.1. The zero-order chi connectivity index (χ0) is 26.4. The number of amides is 2.